The molecule has 0 bridgehead atoms. The van der Waals surface area contributed by atoms with Gasteiger partial charge in [0.2, 0.25) is 10.0 Å². The van der Waals surface area contributed by atoms with Crippen molar-refractivity contribution in [1.29, 1.82) is 0 Å². The van der Waals surface area contributed by atoms with Crippen LogP contribution in [0.3, 0.4) is 0 Å². The lowest BCUT2D eigenvalue weighted by molar-refractivity contribution is 0.0669. The van der Waals surface area contributed by atoms with E-state index in [0.29, 0.717) is 17.1 Å². The predicted octanol–water partition coefficient (Wildman–Crippen LogP) is 2.35. The fourth-order valence-electron chi connectivity index (χ4n) is 2.80. The summed E-state index contributed by atoms with van der Waals surface area (Å²) in [6.07, 6.45) is 4.38. The van der Waals surface area contributed by atoms with Crippen molar-refractivity contribution in [2.75, 3.05) is 19.0 Å². The van der Waals surface area contributed by atoms with Crippen LogP contribution >= 0.6 is 0 Å². The van der Waals surface area contributed by atoms with E-state index in [1.807, 2.05) is 12.1 Å². The van der Waals surface area contributed by atoms with Crippen LogP contribution < -0.4 is 10.0 Å². The van der Waals surface area contributed by atoms with Crippen LogP contribution in [0, 0.1) is 0 Å². The van der Waals surface area contributed by atoms with Crippen LogP contribution in [0.2, 0.25) is 0 Å². The Balaban J connectivity index is 2.17. The fraction of sp³-hybridized carbons (Fsp3) is 0.600. The minimum Gasteiger partial charge on any atom is -0.381 e. The van der Waals surface area contributed by atoms with Gasteiger partial charge in [-0.2, -0.15) is 0 Å². The lowest BCUT2D eigenvalue weighted by Crippen LogP contribution is -2.32. The molecule has 1 fully saturated rings. The molecule has 1 aromatic carbocycles. The number of hydrogen-bond donors (Lipinski definition) is 2. The molecule has 0 spiro atoms. The van der Waals surface area contributed by atoms with Crippen LogP contribution in [0.4, 0.5) is 5.69 Å². The van der Waals surface area contributed by atoms with E-state index in [1.165, 1.54) is 0 Å². The molecular weight excluding hydrogens is 288 g/mol. The molecular formula is C15H24N2O3S. The minimum atomic E-state index is -3.45. The third-order valence-corrected chi connectivity index (χ3v) is 5.43. The number of benzene rings is 1. The van der Waals surface area contributed by atoms with Crippen LogP contribution in [0.15, 0.2) is 29.2 Å². The second kappa shape index (κ2) is 7.24. The van der Waals surface area contributed by atoms with Gasteiger partial charge in [-0.25, -0.2) is 13.1 Å². The van der Waals surface area contributed by atoms with Gasteiger partial charge in [0, 0.05) is 19.7 Å². The largest absolute Gasteiger partial charge is 0.381 e. The third kappa shape index (κ3) is 4.18. The van der Waals surface area contributed by atoms with Gasteiger partial charge in [-0.3, -0.25) is 0 Å². The third-order valence-electron chi connectivity index (χ3n) is 3.83. The molecule has 0 radical (unpaired) electrons. The van der Waals surface area contributed by atoms with E-state index >= 15 is 0 Å². The van der Waals surface area contributed by atoms with Crippen molar-refractivity contribution in [3.8, 4) is 0 Å². The summed E-state index contributed by atoms with van der Waals surface area (Å²) in [4.78, 5) is 0.311. The summed E-state index contributed by atoms with van der Waals surface area (Å²) in [5, 5.41) is 3.38. The van der Waals surface area contributed by atoms with Crippen LogP contribution in [0.25, 0.3) is 0 Å². The maximum absolute atomic E-state index is 12.2. The number of rotatable bonds is 6. The molecule has 0 saturated heterocycles. The number of hydrogen-bond acceptors (Lipinski definition) is 4. The molecule has 6 heteroatoms. The molecule has 118 valence electrons. The molecule has 1 saturated carbocycles. The molecule has 21 heavy (non-hydrogen) atoms. The molecule has 2 rings (SSSR count). The van der Waals surface area contributed by atoms with E-state index in [2.05, 4.69) is 10.0 Å². The average molecular weight is 312 g/mol. The van der Waals surface area contributed by atoms with Gasteiger partial charge >= 0.3 is 0 Å². The van der Waals surface area contributed by atoms with Crippen molar-refractivity contribution in [2.24, 2.45) is 0 Å². The van der Waals surface area contributed by atoms with Gasteiger partial charge in [0.1, 0.15) is 4.90 Å². The normalized spacial score (nSPS) is 23.0. The van der Waals surface area contributed by atoms with E-state index in [0.717, 1.165) is 25.7 Å². The summed E-state index contributed by atoms with van der Waals surface area (Å²) in [7, 11) is -1.72. The highest BCUT2D eigenvalue weighted by Crippen LogP contribution is 2.27. The Morgan fingerprint density at radius 2 is 2.05 bits per heavy atom. The zero-order valence-electron chi connectivity index (χ0n) is 12.6. The molecule has 0 heterocycles. The van der Waals surface area contributed by atoms with Gasteiger partial charge in [0.25, 0.3) is 0 Å². The zero-order chi connectivity index (χ0) is 15.3. The summed E-state index contributed by atoms with van der Waals surface area (Å²) >= 11 is 0. The van der Waals surface area contributed by atoms with Gasteiger partial charge in [-0.15, -0.1) is 0 Å². The van der Waals surface area contributed by atoms with E-state index in [9.17, 15) is 8.42 Å². The summed E-state index contributed by atoms with van der Waals surface area (Å²) < 4.78 is 32.4. The van der Waals surface area contributed by atoms with Crippen molar-refractivity contribution in [1.82, 2.24) is 4.72 Å². The lowest BCUT2D eigenvalue weighted by atomic mass is 9.92. The topological polar surface area (TPSA) is 67.4 Å². The molecule has 0 aliphatic heterocycles. The number of methoxy groups -OCH3 is 1. The first kappa shape index (κ1) is 16.3. The van der Waals surface area contributed by atoms with Crippen molar-refractivity contribution in [3.63, 3.8) is 0 Å². The Morgan fingerprint density at radius 3 is 2.76 bits per heavy atom. The summed E-state index contributed by atoms with van der Waals surface area (Å²) in [5.74, 6) is 0. The van der Waals surface area contributed by atoms with Crippen LogP contribution in [0.5, 0.6) is 0 Å². The molecule has 0 aromatic heterocycles. The number of anilines is 1. The Morgan fingerprint density at radius 1 is 1.29 bits per heavy atom. The molecule has 2 unspecified atom stereocenters. The predicted molar refractivity (Wildman–Crippen MR) is 84.0 cm³/mol. The SMILES string of the molecule is CCNS(=O)(=O)c1ccccc1NC1CCCC(OC)C1. The standard InChI is InChI=1S/C15H24N2O3S/c1-3-16-21(18,19)15-10-5-4-9-14(15)17-12-7-6-8-13(11-12)20-2/h4-5,9-10,12-13,16-17H,3,6-8,11H2,1-2H3. The molecule has 2 atom stereocenters. The maximum Gasteiger partial charge on any atom is 0.242 e. The van der Waals surface area contributed by atoms with Crippen LogP contribution in [-0.2, 0) is 14.8 Å². The number of sulfonamides is 1. The molecule has 0 amide bonds. The van der Waals surface area contributed by atoms with Gasteiger partial charge < -0.3 is 10.1 Å². The highest BCUT2D eigenvalue weighted by Gasteiger charge is 2.24. The molecule has 5 nitrogen and oxygen atoms in total. The monoisotopic (exact) mass is 312 g/mol. The molecule has 1 aromatic rings. The highest BCUT2D eigenvalue weighted by atomic mass is 32.2. The highest BCUT2D eigenvalue weighted by molar-refractivity contribution is 7.89. The smallest absolute Gasteiger partial charge is 0.242 e. The van der Waals surface area contributed by atoms with Gasteiger partial charge in [0.15, 0.2) is 0 Å². The maximum atomic E-state index is 12.2. The fourth-order valence-corrected chi connectivity index (χ4v) is 4.01. The Hall–Kier alpha value is -1.11. The lowest BCUT2D eigenvalue weighted by Gasteiger charge is -2.30. The Bertz CT molecular complexity index is 560. The average Bonchev–Trinajstić information content (AvgIpc) is 2.48. The quantitative estimate of drug-likeness (QED) is 0.846. The first-order valence-corrected chi connectivity index (χ1v) is 8.93. The van der Waals surface area contributed by atoms with Gasteiger partial charge in [-0.1, -0.05) is 19.1 Å². The van der Waals surface area contributed by atoms with Crippen molar-refractivity contribution < 1.29 is 13.2 Å². The second-order valence-corrected chi connectivity index (χ2v) is 7.10. The van der Waals surface area contributed by atoms with Crippen LogP contribution in [-0.4, -0.2) is 34.2 Å². The van der Waals surface area contributed by atoms with Gasteiger partial charge in [-0.05, 0) is 37.8 Å². The molecule has 1 aliphatic rings. The summed E-state index contributed by atoms with van der Waals surface area (Å²) in [6, 6.07) is 7.30. The van der Waals surface area contributed by atoms with Crippen molar-refractivity contribution in [3.05, 3.63) is 24.3 Å². The van der Waals surface area contributed by atoms with Crippen LogP contribution in [0.1, 0.15) is 32.6 Å². The summed E-state index contributed by atoms with van der Waals surface area (Å²) in [6.45, 7) is 2.16. The van der Waals surface area contributed by atoms with Gasteiger partial charge in [0.05, 0.1) is 11.8 Å². The molecule has 1 aliphatic carbocycles. The molecule has 2 N–H and O–H groups in total. The van der Waals surface area contributed by atoms with Crippen molar-refractivity contribution >= 4 is 15.7 Å². The number of ether oxygens (including phenoxy) is 1. The Labute approximate surface area is 127 Å². The van der Waals surface area contributed by atoms with Crippen molar-refractivity contribution in [2.45, 2.75) is 49.6 Å². The first-order chi connectivity index (χ1) is 10.1. The second-order valence-electron chi connectivity index (χ2n) is 5.36. The minimum absolute atomic E-state index is 0.252. The van der Waals surface area contributed by atoms with E-state index in [1.54, 1.807) is 26.2 Å². The van der Waals surface area contributed by atoms with E-state index in [4.69, 9.17) is 4.74 Å². The number of nitrogens with one attached hydrogen (secondary N) is 2. The summed E-state index contributed by atoms with van der Waals surface area (Å²) in [5.41, 5.74) is 0.667. The van der Waals surface area contributed by atoms with E-state index < -0.39 is 10.0 Å². The first-order valence-electron chi connectivity index (χ1n) is 7.45. The zero-order valence-corrected chi connectivity index (χ0v) is 13.4. The van der Waals surface area contributed by atoms with E-state index in [-0.39, 0.29) is 12.1 Å². The number of para-hydroxylation sites is 1. The Kier molecular flexibility index (Phi) is 5.61.